The van der Waals surface area contributed by atoms with Crippen LogP contribution in [0.3, 0.4) is 0 Å². The zero-order valence-corrected chi connectivity index (χ0v) is 11.1. The van der Waals surface area contributed by atoms with E-state index in [9.17, 15) is 0 Å². The monoisotopic (exact) mass is 244 g/mol. The van der Waals surface area contributed by atoms with Crippen molar-refractivity contribution in [1.29, 1.82) is 0 Å². The lowest BCUT2D eigenvalue weighted by Gasteiger charge is -2.07. The largest absolute Gasteiger partial charge is 0.397 e. The molecular weight excluding hydrogens is 228 g/mol. The Bertz CT molecular complexity index is 550. The summed E-state index contributed by atoms with van der Waals surface area (Å²) in [4.78, 5) is 5.73. The molecule has 3 heteroatoms. The molecule has 88 valence electrons. The van der Waals surface area contributed by atoms with Crippen LogP contribution < -0.4 is 5.73 Å². The first kappa shape index (κ1) is 12.0. The summed E-state index contributed by atoms with van der Waals surface area (Å²) in [6, 6.07) is 10.3. The van der Waals surface area contributed by atoms with Gasteiger partial charge in [0.2, 0.25) is 0 Å². The van der Waals surface area contributed by atoms with Crippen molar-refractivity contribution in [3.63, 3.8) is 0 Å². The lowest BCUT2D eigenvalue weighted by Crippen LogP contribution is -1.93. The van der Waals surface area contributed by atoms with Gasteiger partial charge in [0.15, 0.2) is 0 Å². The van der Waals surface area contributed by atoms with Crippen LogP contribution in [0.1, 0.15) is 16.8 Å². The van der Waals surface area contributed by atoms with E-state index in [1.807, 2.05) is 19.1 Å². The Morgan fingerprint density at radius 1 is 1.06 bits per heavy atom. The van der Waals surface area contributed by atoms with E-state index in [2.05, 4.69) is 37.0 Å². The van der Waals surface area contributed by atoms with Gasteiger partial charge in [0.1, 0.15) is 5.03 Å². The highest BCUT2D eigenvalue weighted by molar-refractivity contribution is 7.99. The maximum absolute atomic E-state index is 5.76. The second kappa shape index (κ2) is 4.80. The van der Waals surface area contributed by atoms with E-state index in [1.54, 1.807) is 11.8 Å². The molecule has 1 aromatic heterocycles. The molecule has 0 spiro atoms. The van der Waals surface area contributed by atoms with Gasteiger partial charge in [0, 0.05) is 4.90 Å². The fourth-order valence-corrected chi connectivity index (χ4v) is 2.55. The minimum Gasteiger partial charge on any atom is -0.397 e. The average molecular weight is 244 g/mol. The van der Waals surface area contributed by atoms with Crippen molar-refractivity contribution in [2.45, 2.75) is 30.7 Å². The topological polar surface area (TPSA) is 38.9 Å². The van der Waals surface area contributed by atoms with Crippen molar-refractivity contribution < 1.29 is 0 Å². The number of benzene rings is 1. The van der Waals surface area contributed by atoms with Gasteiger partial charge in [0.25, 0.3) is 0 Å². The standard InChI is InChI=1S/C14H16N2S/c1-9-4-5-10(2)13(8-9)17-14-7-6-12(15)11(3)16-14/h4-8H,15H2,1-3H3. The maximum Gasteiger partial charge on any atom is 0.101 e. The van der Waals surface area contributed by atoms with E-state index in [1.165, 1.54) is 16.0 Å². The number of nitrogen functional groups attached to an aromatic ring is 1. The Morgan fingerprint density at radius 3 is 2.53 bits per heavy atom. The first-order valence-corrected chi connectivity index (χ1v) is 6.36. The van der Waals surface area contributed by atoms with E-state index in [4.69, 9.17) is 5.73 Å². The van der Waals surface area contributed by atoms with Crippen LogP contribution >= 0.6 is 11.8 Å². The molecule has 0 aliphatic heterocycles. The van der Waals surface area contributed by atoms with Crippen molar-refractivity contribution in [1.82, 2.24) is 4.98 Å². The number of nitrogens with zero attached hydrogens (tertiary/aromatic N) is 1. The van der Waals surface area contributed by atoms with Crippen LogP contribution in [0.2, 0.25) is 0 Å². The summed E-state index contributed by atoms with van der Waals surface area (Å²) >= 11 is 1.68. The quantitative estimate of drug-likeness (QED) is 0.874. The molecule has 1 heterocycles. The molecule has 0 aliphatic carbocycles. The number of hydrogen-bond acceptors (Lipinski definition) is 3. The summed E-state index contributed by atoms with van der Waals surface area (Å²) < 4.78 is 0. The van der Waals surface area contributed by atoms with Gasteiger partial charge < -0.3 is 5.73 Å². The van der Waals surface area contributed by atoms with Crippen LogP contribution in [0.15, 0.2) is 40.3 Å². The van der Waals surface area contributed by atoms with Gasteiger partial charge in [-0.2, -0.15) is 0 Å². The lowest BCUT2D eigenvalue weighted by atomic mass is 10.2. The molecule has 2 nitrogen and oxygen atoms in total. The van der Waals surface area contributed by atoms with Crippen LogP contribution in [0.5, 0.6) is 0 Å². The lowest BCUT2D eigenvalue weighted by molar-refractivity contribution is 1.07. The number of hydrogen-bond donors (Lipinski definition) is 1. The predicted molar refractivity (Wildman–Crippen MR) is 73.4 cm³/mol. The van der Waals surface area contributed by atoms with Gasteiger partial charge in [-0.15, -0.1) is 0 Å². The SMILES string of the molecule is Cc1ccc(C)c(Sc2ccc(N)c(C)n2)c1. The van der Waals surface area contributed by atoms with Crippen LogP contribution in [-0.2, 0) is 0 Å². The minimum absolute atomic E-state index is 0.746. The fraction of sp³-hybridized carbons (Fsp3) is 0.214. The summed E-state index contributed by atoms with van der Waals surface area (Å²) in [7, 11) is 0. The minimum atomic E-state index is 0.746. The molecule has 0 radical (unpaired) electrons. The summed E-state index contributed by atoms with van der Waals surface area (Å²) in [5, 5.41) is 0.991. The van der Waals surface area contributed by atoms with Crippen LogP contribution in [0.4, 0.5) is 5.69 Å². The van der Waals surface area contributed by atoms with Crippen molar-refractivity contribution in [3.05, 3.63) is 47.2 Å². The van der Waals surface area contributed by atoms with Crippen LogP contribution in [-0.4, -0.2) is 4.98 Å². The highest BCUT2D eigenvalue weighted by Gasteiger charge is 2.04. The van der Waals surface area contributed by atoms with E-state index in [0.29, 0.717) is 0 Å². The van der Waals surface area contributed by atoms with Gasteiger partial charge in [-0.05, 0) is 50.1 Å². The molecule has 0 atom stereocenters. The third-order valence-electron chi connectivity index (χ3n) is 2.66. The molecule has 0 saturated carbocycles. The van der Waals surface area contributed by atoms with Crippen molar-refractivity contribution in [2.75, 3.05) is 5.73 Å². The van der Waals surface area contributed by atoms with E-state index >= 15 is 0 Å². The smallest absolute Gasteiger partial charge is 0.101 e. The highest BCUT2D eigenvalue weighted by Crippen LogP contribution is 2.30. The molecule has 0 saturated heterocycles. The van der Waals surface area contributed by atoms with Crippen molar-refractivity contribution >= 4 is 17.4 Å². The summed E-state index contributed by atoms with van der Waals surface area (Å²) in [6.45, 7) is 6.15. The van der Waals surface area contributed by atoms with Gasteiger partial charge in [0.05, 0.1) is 11.4 Å². The number of nitrogens with two attached hydrogens (primary N) is 1. The Labute approximate surface area is 106 Å². The second-order valence-electron chi connectivity index (χ2n) is 4.20. The Kier molecular flexibility index (Phi) is 3.38. The van der Waals surface area contributed by atoms with Gasteiger partial charge in [-0.1, -0.05) is 23.9 Å². The number of rotatable bonds is 2. The molecule has 0 bridgehead atoms. The molecule has 2 N–H and O–H groups in total. The van der Waals surface area contributed by atoms with Gasteiger partial charge >= 0.3 is 0 Å². The van der Waals surface area contributed by atoms with Gasteiger partial charge in [-0.25, -0.2) is 4.98 Å². The molecule has 17 heavy (non-hydrogen) atoms. The maximum atomic E-state index is 5.76. The number of aromatic nitrogens is 1. The highest BCUT2D eigenvalue weighted by atomic mass is 32.2. The molecule has 2 rings (SSSR count). The molecular formula is C14H16N2S. The van der Waals surface area contributed by atoms with E-state index in [0.717, 1.165) is 16.4 Å². The van der Waals surface area contributed by atoms with Gasteiger partial charge in [-0.3, -0.25) is 0 Å². The predicted octanol–water partition coefficient (Wildman–Crippen LogP) is 3.74. The fourth-order valence-electron chi connectivity index (χ4n) is 1.54. The second-order valence-corrected chi connectivity index (χ2v) is 5.26. The third-order valence-corrected chi connectivity index (χ3v) is 3.76. The van der Waals surface area contributed by atoms with Crippen molar-refractivity contribution in [2.24, 2.45) is 0 Å². The normalized spacial score (nSPS) is 10.5. The Balaban J connectivity index is 2.31. The molecule has 0 fully saturated rings. The summed E-state index contributed by atoms with van der Waals surface area (Å²) in [5.41, 5.74) is 9.94. The van der Waals surface area contributed by atoms with Crippen LogP contribution in [0.25, 0.3) is 0 Å². The third kappa shape index (κ3) is 2.80. The number of anilines is 1. The van der Waals surface area contributed by atoms with E-state index < -0.39 is 0 Å². The molecule has 2 aromatic rings. The van der Waals surface area contributed by atoms with Crippen molar-refractivity contribution in [3.8, 4) is 0 Å². The summed E-state index contributed by atoms with van der Waals surface area (Å²) in [5.74, 6) is 0. The Hall–Kier alpha value is -1.48. The average Bonchev–Trinajstić information content (AvgIpc) is 2.29. The molecule has 0 aliphatic rings. The number of pyridine rings is 1. The first-order chi connectivity index (χ1) is 8.06. The van der Waals surface area contributed by atoms with E-state index in [-0.39, 0.29) is 0 Å². The zero-order chi connectivity index (χ0) is 12.4. The van der Waals surface area contributed by atoms with Crippen LogP contribution in [0, 0.1) is 20.8 Å². The molecule has 0 amide bonds. The Morgan fingerprint density at radius 2 is 1.82 bits per heavy atom. The summed E-state index contributed by atoms with van der Waals surface area (Å²) in [6.07, 6.45) is 0. The molecule has 1 aromatic carbocycles. The molecule has 0 unspecified atom stereocenters. The number of aryl methyl sites for hydroxylation is 3. The first-order valence-electron chi connectivity index (χ1n) is 5.54. The zero-order valence-electron chi connectivity index (χ0n) is 10.3.